The Balaban J connectivity index is 3.74. The molecule has 1 atom stereocenters. The minimum atomic E-state index is 0.678. The Morgan fingerprint density at radius 3 is 2.40 bits per heavy atom. The fourth-order valence-corrected chi connectivity index (χ4v) is 1.94. The molecule has 2 N–H and O–H groups in total. The number of likely N-dealkylation sites (N-methyl/N-ethyl adjacent to an activating group) is 1. The van der Waals surface area contributed by atoms with E-state index in [0.717, 1.165) is 25.6 Å². The Bertz CT molecular complexity index is 175. The van der Waals surface area contributed by atoms with Crippen molar-refractivity contribution in [2.75, 3.05) is 26.7 Å². The van der Waals surface area contributed by atoms with Crippen LogP contribution in [0.1, 0.15) is 33.6 Å². The molecule has 2 heteroatoms. The topological polar surface area (TPSA) is 29.3 Å². The van der Waals surface area contributed by atoms with Crippen LogP contribution in [-0.2, 0) is 0 Å². The van der Waals surface area contributed by atoms with Crippen molar-refractivity contribution in [3.05, 3.63) is 12.2 Å². The summed E-state index contributed by atoms with van der Waals surface area (Å²) in [5, 5.41) is 0. The molecule has 0 aromatic carbocycles. The fourth-order valence-electron chi connectivity index (χ4n) is 1.94. The van der Waals surface area contributed by atoms with Gasteiger partial charge in [-0.3, -0.25) is 0 Å². The van der Waals surface area contributed by atoms with E-state index in [2.05, 4.69) is 39.3 Å². The molecule has 0 bridgehead atoms. The third kappa shape index (κ3) is 8.64. The second-order valence-corrected chi connectivity index (χ2v) is 5.21. The van der Waals surface area contributed by atoms with Crippen LogP contribution in [0, 0.1) is 11.8 Å². The zero-order chi connectivity index (χ0) is 11.8. The molecule has 0 amide bonds. The molecule has 0 spiro atoms. The lowest BCUT2D eigenvalue weighted by Gasteiger charge is -2.21. The summed E-state index contributed by atoms with van der Waals surface area (Å²) in [5.41, 5.74) is 7.00. The van der Waals surface area contributed by atoms with Gasteiger partial charge in [0.25, 0.3) is 0 Å². The zero-order valence-electron chi connectivity index (χ0n) is 10.9. The van der Waals surface area contributed by atoms with Crippen LogP contribution in [0.2, 0.25) is 0 Å². The van der Waals surface area contributed by atoms with Crippen LogP contribution in [-0.4, -0.2) is 31.6 Å². The number of rotatable bonds is 8. The van der Waals surface area contributed by atoms with Gasteiger partial charge in [-0.25, -0.2) is 0 Å². The minimum Gasteiger partial charge on any atom is -0.330 e. The molecule has 0 heterocycles. The summed E-state index contributed by atoms with van der Waals surface area (Å²) < 4.78 is 0. The van der Waals surface area contributed by atoms with Crippen molar-refractivity contribution < 1.29 is 0 Å². The van der Waals surface area contributed by atoms with Crippen LogP contribution in [0.15, 0.2) is 12.2 Å². The van der Waals surface area contributed by atoms with E-state index in [0.29, 0.717) is 5.92 Å². The van der Waals surface area contributed by atoms with E-state index in [1.54, 1.807) is 0 Å². The van der Waals surface area contributed by atoms with E-state index in [-0.39, 0.29) is 0 Å². The maximum Gasteiger partial charge on any atom is 0.0184 e. The van der Waals surface area contributed by atoms with Gasteiger partial charge in [-0.05, 0) is 51.7 Å². The molecular formula is C13H28N2. The minimum absolute atomic E-state index is 0.678. The van der Waals surface area contributed by atoms with Crippen molar-refractivity contribution in [2.45, 2.75) is 33.6 Å². The first-order chi connectivity index (χ1) is 6.95. The molecule has 0 rings (SSSR count). The Labute approximate surface area is 95.5 Å². The number of hydrogen-bond acceptors (Lipinski definition) is 2. The van der Waals surface area contributed by atoms with Crippen LogP contribution in [0.5, 0.6) is 0 Å². The molecule has 0 aromatic rings. The lowest BCUT2D eigenvalue weighted by Crippen LogP contribution is -2.26. The quantitative estimate of drug-likeness (QED) is 0.626. The van der Waals surface area contributed by atoms with Gasteiger partial charge in [0, 0.05) is 6.54 Å². The first-order valence-corrected chi connectivity index (χ1v) is 5.98. The summed E-state index contributed by atoms with van der Waals surface area (Å²) in [4.78, 5) is 2.32. The van der Waals surface area contributed by atoms with Crippen molar-refractivity contribution in [2.24, 2.45) is 17.6 Å². The number of nitrogens with two attached hydrogens (primary N) is 1. The molecule has 0 aliphatic carbocycles. The third-order valence-corrected chi connectivity index (χ3v) is 2.60. The SMILES string of the molecule is C=C(C)CN(C)CCC(CN)CC(C)C. The first-order valence-electron chi connectivity index (χ1n) is 5.98. The average molecular weight is 212 g/mol. The van der Waals surface area contributed by atoms with E-state index >= 15 is 0 Å². The number of nitrogens with zero attached hydrogens (tertiary/aromatic N) is 1. The molecule has 0 saturated carbocycles. The van der Waals surface area contributed by atoms with E-state index in [1.807, 2.05) is 0 Å². The highest BCUT2D eigenvalue weighted by atomic mass is 15.1. The van der Waals surface area contributed by atoms with Crippen LogP contribution in [0.4, 0.5) is 0 Å². The lowest BCUT2D eigenvalue weighted by atomic mass is 9.94. The standard InChI is InChI=1S/C13H28N2/c1-11(2)8-13(9-14)6-7-15(5)10-12(3)4/h11,13H,3,6-10,14H2,1-2,4-5H3. The highest BCUT2D eigenvalue weighted by molar-refractivity contribution is 4.91. The Kier molecular flexibility index (Phi) is 7.71. The Hall–Kier alpha value is -0.340. The Morgan fingerprint density at radius 1 is 1.40 bits per heavy atom. The van der Waals surface area contributed by atoms with Gasteiger partial charge in [0.05, 0.1) is 0 Å². The third-order valence-electron chi connectivity index (χ3n) is 2.60. The van der Waals surface area contributed by atoms with Crippen LogP contribution in [0.25, 0.3) is 0 Å². The molecule has 0 radical (unpaired) electrons. The molecule has 0 fully saturated rings. The van der Waals surface area contributed by atoms with Gasteiger partial charge in [0.1, 0.15) is 0 Å². The van der Waals surface area contributed by atoms with Gasteiger partial charge < -0.3 is 10.6 Å². The molecule has 2 nitrogen and oxygen atoms in total. The van der Waals surface area contributed by atoms with Gasteiger partial charge in [0.2, 0.25) is 0 Å². The van der Waals surface area contributed by atoms with Crippen molar-refractivity contribution in [3.63, 3.8) is 0 Å². The second-order valence-electron chi connectivity index (χ2n) is 5.21. The molecule has 0 aromatic heterocycles. The summed E-state index contributed by atoms with van der Waals surface area (Å²) in [6.07, 6.45) is 2.45. The maximum atomic E-state index is 5.77. The van der Waals surface area contributed by atoms with E-state index in [9.17, 15) is 0 Å². The first kappa shape index (κ1) is 14.7. The summed E-state index contributed by atoms with van der Waals surface area (Å²) in [5.74, 6) is 1.43. The second kappa shape index (κ2) is 7.89. The van der Waals surface area contributed by atoms with E-state index in [1.165, 1.54) is 18.4 Å². The zero-order valence-corrected chi connectivity index (χ0v) is 10.9. The predicted octanol–water partition coefficient (Wildman–Crippen LogP) is 2.51. The van der Waals surface area contributed by atoms with Crippen molar-refractivity contribution in [1.82, 2.24) is 4.90 Å². The van der Waals surface area contributed by atoms with Gasteiger partial charge in [-0.1, -0.05) is 26.0 Å². The van der Waals surface area contributed by atoms with Crippen molar-refractivity contribution in [3.8, 4) is 0 Å². The summed E-state index contributed by atoms with van der Waals surface area (Å²) in [6.45, 7) is 13.5. The largest absolute Gasteiger partial charge is 0.330 e. The highest BCUT2D eigenvalue weighted by Gasteiger charge is 2.10. The van der Waals surface area contributed by atoms with Crippen molar-refractivity contribution >= 4 is 0 Å². The lowest BCUT2D eigenvalue weighted by molar-refractivity contribution is 0.300. The van der Waals surface area contributed by atoms with Gasteiger partial charge in [-0.15, -0.1) is 0 Å². The monoisotopic (exact) mass is 212 g/mol. The molecular weight excluding hydrogens is 184 g/mol. The van der Waals surface area contributed by atoms with Crippen LogP contribution in [0.3, 0.4) is 0 Å². The van der Waals surface area contributed by atoms with Crippen LogP contribution < -0.4 is 5.73 Å². The smallest absolute Gasteiger partial charge is 0.0184 e. The summed E-state index contributed by atoms with van der Waals surface area (Å²) in [6, 6.07) is 0. The number of hydrogen-bond donors (Lipinski definition) is 1. The highest BCUT2D eigenvalue weighted by Crippen LogP contribution is 2.14. The fraction of sp³-hybridized carbons (Fsp3) is 0.846. The maximum absolute atomic E-state index is 5.77. The Morgan fingerprint density at radius 2 is 2.00 bits per heavy atom. The van der Waals surface area contributed by atoms with E-state index in [4.69, 9.17) is 5.73 Å². The van der Waals surface area contributed by atoms with Crippen LogP contribution >= 0.6 is 0 Å². The average Bonchev–Trinajstić information content (AvgIpc) is 2.10. The predicted molar refractivity (Wildman–Crippen MR) is 68.9 cm³/mol. The molecule has 0 saturated heterocycles. The van der Waals surface area contributed by atoms with E-state index < -0.39 is 0 Å². The van der Waals surface area contributed by atoms with Crippen molar-refractivity contribution in [1.29, 1.82) is 0 Å². The normalized spacial score (nSPS) is 13.5. The summed E-state index contributed by atoms with van der Waals surface area (Å²) >= 11 is 0. The molecule has 1 unspecified atom stereocenters. The molecule has 15 heavy (non-hydrogen) atoms. The summed E-state index contributed by atoms with van der Waals surface area (Å²) in [7, 11) is 2.15. The van der Waals surface area contributed by atoms with Gasteiger partial charge >= 0.3 is 0 Å². The molecule has 90 valence electrons. The molecule has 0 aliphatic rings. The van der Waals surface area contributed by atoms with Gasteiger partial charge in [0.15, 0.2) is 0 Å². The molecule has 0 aliphatic heterocycles. The van der Waals surface area contributed by atoms with Gasteiger partial charge in [-0.2, -0.15) is 0 Å².